The van der Waals surface area contributed by atoms with Gasteiger partial charge in [-0.3, -0.25) is 4.79 Å². The fourth-order valence-electron chi connectivity index (χ4n) is 2.14. The number of hydrogen-bond donors (Lipinski definition) is 3. The third-order valence-corrected chi connectivity index (χ3v) is 3.31. The Morgan fingerprint density at radius 2 is 2.24 bits per heavy atom. The van der Waals surface area contributed by atoms with Crippen molar-refractivity contribution < 1.29 is 9.90 Å². The van der Waals surface area contributed by atoms with E-state index >= 15 is 0 Å². The highest BCUT2D eigenvalue weighted by Crippen LogP contribution is 2.23. The lowest BCUT2D eigenvalue weighted by molar-refractivity contribution is -0.122. The molecule has 0 saturated heterocycles. The molecule has 1 aliphatic carbocycles. The summed E-state index contributed by atoms with van der Waals surface area (Å²) >= 11 is 0. The first-order chi connectivity index (χ1) is 8.15. The average Bonchev–Trinajstić information content (AvgIpc) is 2.34. The zero-order valence-electron chi connectivity index (χ0n) is 10.4. The fourth-order valence-corrected chi connectivity index (χ4v) is 2.14. The summed E-state index contributed by atoms with van der Waals surface area (Å²) in [6, 6.07) is -0.266. The van der Waals surface area contributed by atoms with E-state index in [1.165, 1.54) is 6.42 Å². The van der Waals surface area contributed by atoms with Crippen LogP contribution in [-0.4, -0.2) is 36.2 Å². The molecule has 0 aromatic carbocycles. The standard InChI is InChI=1S/C13H22N2O2/c1-3-8-14-13(17)10(2)15-9-11-6-4-5-7-12(11)16/h1,10-12,15-16H,4-9H2,2H3,(H,14,17). The van der Waals surface area contributed by atoms with Crippen molar-refractivity contribution in [1.29, 1.82) is 0 Å². The van der Waals surface area contributed by atoms with Crippen molar-refractivity contribution in [1.82, 2.24) is 10.6 Å². The maximum absolute atomic E-state index is 11.5. The molecule has 4 nitrogen and oxygen atoms in total. The maximum atomic E-state index is 11.5. The summed E-state index contributed by atoms with van der Waals surface area (Å²) in [7, 11) is 0. The minimum atomic E-state index is -0.266. The summed E-state index contributed by atoms with van der Waals surface area (Å²) in [6.45, 7) is 2.75. The van der Waals surface area contributed by atoms with Gasteiger partial charge >= 0.3 is 0 Å². The van der Waals surface area contributed by atoms with Gasteiger partial charge in [0.15, 0.2) is 0 Å². The monoisotopic (exact) mass is 238 g/mol. The van der Waals surface area contributed by atoms with Crippen molar-refractivity contribution in [2.45, 2.75) is 44.8 Å². The van der Waals surface area contributed by atoms with E-state index in [0.29, 0.717) is 6.54 Å². The molecule has 0 bridgehead atoms. The van der Waals surface area contributed by atoms with Gasteiger partial charge in [-0.1, -0.05) is 18.8 Å². The lowest BCUT2D eigenvalue weighted by Crippen LogP contribution is -2.45. The number of rotatable bonds is 5. The molecule has 1 rings (SSSR count). The quantitative estimate of drug-likeness (QED) is 0.602. The molecule has 0 aliphatic heterocycles. The van der Waals surface area contributed by atoms with Crippen molar-refractivity contribution in [2.24, 2.45) is 5.92 Å². The van der Waals surface area contributed by atoms with Crippen molar-refractivity contribution in [3.63, 3.8) is 0 Å². The molecule has 0 aromatic rings. The predicted molar refractivity (Wildman–Crippen MR) is 67.3 cm³/mol. The van der Waals surface area contributed by atoms with E-state index in [4.69, 9.17) is 6.42 Å². The van der Waals surface area contributed by atoms with Gasteiger partial charge in [0, 0.05) is 6.54 Å². The van der Waals surface area contributed by atoms with Crippen LogP contribution >= 0.6 is 0 Å². The van der Waals surface area contributed by atoms with Gasteiger partial charge in [0.05, 0.1) is 18.7 Å². The Morgan fingerprint density at radius 1 is 1.53 bits per heavy atom. The molecule has 3 N–H and O–H groups in total. The summed E-state index contributed by atoms with van der Waals surface area (Å²) in [5.74, 6) is 2.55. The molecule has 4 heteroatoms. The molecular formula is C13H22N2O2. The Morgan fingerprint density at radius 3 is 2.88 bits per heavy atom. The highest BCUT2D eigenvalue weighted by atomic mass is 16.3. The highest BCUT2D eigenvalue weighted by Gasteiger charge is 2.23. The number of hydrogen-bond acceptors (Lipinski definition) is 3. The highest BCUT2D eigenvalue weighted by molar-refractivity contribution is 5.81. The van der Waals surface area contributed by atoms with Crippen LogP contribution in [0.5, 0.6) is 0 Å². The van der Waals surface area contributed by atoms with Crippen LogP contribution in [0.1, 0.15) is 32.6 Å². The maximum Gasteiger partial charge on any atom is 0.237 e. The lowest BCUT2D eigenvalue weighted by Gasteiger charge is -2.28. The van der Waals surface area contributed by atoms with Gasteiger partial charge in [0.1, 0.15) is 0 Å². The van der Waals surface area contributed by atoms with Crippen molar-refractivity contribution in [3.8, 4) is 12.3 Å². The third kappa shape index (κ3) is 4.76. The molecule has 3 atom stereocenters. The molecule has 1 amide bonds. The Kier molecular flexibility index (Phi) is 6.03. The number of aliphatic hydroxyl groups is 1. The molecule has 0 aromatic heterocycles. The van der Waals surface area contributed by atoms with E-state index < -0.39 is 0 Å². The normalized spacial score (nSPS) is 25.9. The van der Waals surface area contributed by atoms with Gasteiger partial charge < -0.3 is 15.7 Å². The van der Waals surface area contributed by atoms with E-state index in [2.05, 4.69) is 16.6 Å². The second kappa shape index (κ2) is 7.31. The first kappa shape index (κ1) is 14.0. The van der Waals surface area contributed by atoms with Crippen molar-refractivity contribution in [3.05, 3.63) is 0 Å². The van der Waals surface area contributed by atoms with E-state index in [1.54, 1.807) is 6.92 Å². The van der Waals surface area contributed by atoms with Crippen LogP contribution in [0.2, 0.25) is 0 Å². The molecule has 1 aliphatic rings. The smallest absolute Gasteiger partial charge is 0.237 e. The Hall–Kier alpha value is -1.05. The molecule has 1 saturated carbocycles. The molecule has 96 valence electrons. The minimum absolute atomic E-state index is 0.0896. The summed E-state index contributed by atoms with van der Waals surface area (Å²) in [4.78, 5) is 11.5. The summed E-state index contributed by atoms with van der Waals surface area (Å²) in [5, 5.41) is 15.6. The van der Waals surface area contributed by atoms with Gasteiger partial charge in [0.2, 0.25) is 5.91 Å². The zero-order valence-corrected chi connectivity index (χ0v) is 10.4. The number of carbonyl (C=O) groups excluding carboxylic acids is 1. The molecule has 1 fully saturated rings. The molecular weight excluding hydrogens is 216 g/mol. The minimum Gasteiger partial charge on any atom is -0.393 e. The number of aliphatic hydroxyl groups excluding tert-OH is 1. The van der Waals surface area contributed by atoms with Crippen molar-refractivity contribution >= 4 is 5.91 Å². The molecule has 3 unspecified atom stereocenters. The summed E-state index contributed by atoms with van der Waals surface area (Å²) in [6.07, 6.45) is 9.03. The zero-order chi connectivity index (χ0) is 12.7. The number of amides is 1. The first-order valence-corrected chi connectivity index (χ1v) is 6.27. The van der Waals surface area contributed by atoms with E-state index in [9.17, 15) is 9.90 Å². The van der Waals surface area contributed by atoms with Crippen LogP contribution < -0.4 is 10.6 Å². The summed E-state index contributed by atoms with van der Waals surface area (Å²) in [5.41, 5.74) is 0. The number of nitrogens with one attached hydrogen (secondary N) is 2. The molecule has 0 spiro atoms. The fraction of sp³-hybridized carbons (Fsp3) is 0.769. The largest absolute Gasteiger partial charge is 0.393 e. The van der Waals surface area contributed by atoms with Crippen LogP contribution in [0.15, 0.2) is 0 Å². The van der Waals surface area contributed by atoms with Crippen LogP contribution in [0.25, 0.3) is 0 Å². The second-order valence-corrected chi connectivity index (χ2v) is 4.66. The topological polar surface area (TPSA) is 61.4 Å². The number of carbonyl (C=O) groups is 1. The van der Waals surface area contributed by atoms with Crippen LogP contribution in [0, 0.1) is 18.3 Å². The van der Waals surface area contributed by atoms with Gasteiger partial charge in [-0.15, -0.1) is 6.42 Å². The van der Waals surface area contributed by atoms with E-state index in [0.717, 1.165) is 19.3 Å². The Labute approximate surface area is 103 Å². The Balaban J connectivity index is 2.24. The Bertz CT molecular complexity index is 286. The van der Waals surface area contributed by atoms with Gasteiger partial charge in [-0.2, -0.15) is 0 Å². The molecule has 0 heterocycles. The molecule has 17 heavy (non-hydrogen) atoms. The molecule has 0 radical (unpaired) electrons. The SMILES string of the molecule is C#CCNC(=O)C(C)NCC1CCCCC1O. The first-order valence-electron chi connectivity index (χ1n) is 6.27. The summed E-state index contributed by atoms with van der Waals surface area (Å²) < 4.78 is 0. The third-order valence-electron chi connectivity index (χ3n) is 3.31. The predicted octanol–water partition coefficient (Wildman–Crippen LogP) is 0.265. The van der Waals surface area contributed by atoms with Gasteiger partial charge in [-0.25, -0.2) is 0 Å². The lowest BCUT2D eigenvalue weighted by atomic mass is 9.86. The van der Waals surface area contributed by atoms with Crippen molar-refractivity contribution in [2.75, 3.05) is 13.1 Å². The van der Waals surface area contributed by atoms with Gasteiger partial charge in [0.25, 0.3) is 0 Å². The van der Waals surface area contributed by atoms with Crippen LogP contribution in [-0.2, 0) is 4.79 Å². The van der Waals surface area contributed by atoms with Crippen LogP contribution in [0.4, 0.5) is 0 Å². The average molecular weight is 238 g/mol. The number of terminal acetylenes is 1. The second-order valence-electron chi connectivity index (χ2n) is 4.66. The van der Waals surface area contributed by atoms with E-state index in [1.807, 2.05) is 0 Å². The van der Waals surface area contributed by atoms with Gasteiger partial charge in [-0.05, 0) is 25.7 Å². The van der Waals surface area contributed by atoms with E-state index in [-0.39, 0.29) is 30.5 Å². The van der Waals surface area contributed by atoms with Crippen LogP contribution in [0.3, 0.4) is 0 Å².